The maximum absolute atomic E-state index is 13.0. The van der Waals surface area contributed by atoms with E-state index in [1.807, 2.05) is 11.9 Å². The van der Waals surface area contributed by atoms with Gasteiger partial charge in [-0.1, -0.05) is 0 Å². The molecule has 26 heavy (non-hydrogen) atoms. The van der Waals surface area contributed by atoms with Gasteiger partial charge in [-0.2, -0.15) is 0 Å². The zero-order valence-electron chi connectivity index (χ0n) is 15.5. The van der Waals surface area contributed by atoms with Crippen LogP contribution in [0.3, 0.4) is 0 Å². The number of rotatable bonds is 4. The average molecular weight is 360 g/mol. The van der Waals surface area contributed by atoms with E-state index in [-0.39, 0.29) is 23.9 Å². The van der Waals surface area contributed by atoms with E-state index >= 15 is 0 Å². The number of hydrogen-bond acceptors (Lipinski definition) is 4. The Labute approximate surface area is 154 Å². The fourth-order valence-corrected chi connectivity index (χ4v) is 4.21. The van der Waals surface area contributed by atoms with Crippen LogP contribution in [0.5, 0.6) is 0 Å². The van der Waals surface area contributed by atoms with Gasteiger partial charge in [0.15, 0.2) is 0 Å². The molecule has 7 nitrogen and oxygen atoms in total. The highest BCUT2D eigenvalue weighted by atomic mass is 16.5. The van der Waals surface area contributed by atoms with E-state index in [9.17, 15) is 9.59 Å². The summed E-state index contributed by atoms with van der Waals surface area (Å²) in [6.07, 6.45) is 9.16. The molecular weight excluding hydrogens is 332 g/mol. The first kappa shape index (κ1) is 17.5. The van der Waals surface area contributed by atoms with E-state index in [2.05, 4.69) is 9.88 Å². The number of amides is 2. The molecule has 1 aliphatic carbocycles. The van der Waals surface area contributed by atoms with Gasteiger partial charge in [0.25, 0.3) is 5.91 Å². The van der Waals surface area contributed by atoms with Crippen molar-refractivity contribution >= 4 is 11.8 Å². The van der Waals surface area contributed by atoms with E-state index in [0.29, 0.717) is 18.1 Å². The maximum atomic E-state index is 13.0. The molecule has 2 amide bonds. The van der Waals surface area contributed by atoms with Crippen LogP contribution in [0.15, 0.2) is 12.5 Å². The second-order valence-electron chi connectivity index (χ2n) is 7.83. The number of imidazole rings is 1. The largest absolute Gasteiger partial charge is 0.381 e. The van der Waals surface area contributed by atoms with Gasteiger partial charge in [0.2, 0.25) is 5.91 Å². The van der Waals surface area contributed by atoms with E-state index in [1.165, 1.54) is 0 Å². The van der Waals surface area contributed by atoms with Gasteiger partial charge in [0.05, 0.1) is 6.33 Å². The first-order chi connectivity index (χ1) is 12.6. The topological polar surface area (TPSA) is 67.7 Å². The normalized spacial score (nSPS) is 24.5. The standard InChI is InChI=1S/C19H28N4O3/c1-21-12-17(20-13-21)19(25)22-8-2-3-16(11-22)23(18(24)14-4-5-14)15-6-9-26-10-7-15/h12-16H,2-11H2,1H3. The Bertz CT molecular complexity index is 663. The Morgan fingerprint density at radius 3 is 2.58 bits per heavy atom. The van der Waals surface area contributed by atoms with Crippen LogP contribution < -0.4 is 0 Å². The van der Waals surface area contributed by atoms with Crippen molar-refractivity contribution in [3.05, 3.63) is 18.2 Å². The molecule has 1 unspecified atom stereocenters. The number of carbonyl (C=O) groups excluding carboxylic acids is 2. The minimum Gasteiger partial charge on any atom is -0.381 e. The highest BCUT2D eigenvalue weighted by Crippen LogP contribution is 2.35. The van der Waals surface area contributed by atoms with Gasteiger partial charge >= 0.3 is 0 Å². The van der Waals surface area contributed by atoms with Crippen molar-refractivity contribution in [2.75, 3.05) is 26.3 Å². The Kier molecular flexibility index (Phi) is 4.98. The van der Waals surface area contributed by atoms with Gasteiger partial charge in [-0.25, -0.2) is 4.98 Å². The minimum absolute atomic E-state index is 0.0268. The molecule has 0 bridgehead atoms. The van der Waals surface area contributed by atoms with Gasteiger partial charge in [0, 0.05) is 57.5 Å². The minimum atomic E-state index is -0.0268. The molecular formula is C19H28N4O3. The van der Waals surface area contributed by atoms with Crippen LogP contribution in [0.25, 0.3) is 0 Å². The summed E-state index contributed by atoms with van der Waals surface area (Å²) in [6.45, 7) is 2.81. The number of likely N-dealkylation sites (tertiary alicyclic amines) is 1. The molecule has 1 saturated carbocycles. The number of ether oxygens (including phenoxy) is 1. The molecule has 4 rings (SSSR count). The molecule has 3 aliphatic rings. The summed E-state index contributed by atoms with van der Waals surface area (Å²) in [5.74, 6) is 0.481. The predicted molar refractivity (Wildman–Crippen MR) is 95.5 cm³/mol. The first-order valence-electron chi connectivity index (χ1n) is 9.80. The lowest BCUT2D eigenvalue weighted by molar-refractivity contribution is -0.141. The van der Waals surface area contributed by atoms with Crippen LogP contribution in [-0.4, -0.2) is 69.6 Å². The highest BCUT2D eigenvalue weighted by molar-refractivity contribution is 5.92. The summed E-state index contributed by atoms with van der Waals surface area (Å²) in [5.41, 5.74) is 0.485. The lowest BCUT2D eigenvalue weighted by Crippen LogP contribution is -2.56. The summed E-state index contributed by atoms with van der Waals surface area (Å²) < 4.78 is 7.29. The maximum Gasteiger partial charge on any atom is 0.274 e. The number of nitrogens with zero attached hydrogens (tertiary/aromatic N) is 4. The zero-order valence-corrected chi connectivity index (χ0v) is 15.5. The van der Waals surface area contributed by atoms with Gasteiger partial charge in [0.1, 0.15) is 5.69 Å². The summed E-state index contributed by atoms with van der Waals surface area (Å²) in [6, 6.07) is 0.374. The highest BCUT2D eigenvalue weighted by Gasteiger charge is 2.41. The summed E-state index contributed by atoms with van der Waals surface area (Å²) >= 11 is 0. The second kappa shape index (κ2) is 7.39. The molecule has 2 saturated heterocycles. The molecule has 7 heteroatoms. The molecule has 0 radical (unpaired) electrons. The number of hydrogen-bond donors (Lipinski definition) is 0. The van der Waals surface area contributed by atoms with E-state index < -0.39 is 0 Å². The Hall–Kier alpha value is -1.89. The number of aromatic nitrogens is 2. The third kappa shape index (κ3) is 3.63. The zero-order chi connectivity index (χ0) is 18.1. The fraction of sp³-hybridized carbons (Fsp3) is 0.737. The average Bonchev–Trinajstić information content (AvgIpc) is 3.43. The molecule has 142 valence electrons. The molecule has 3 fully saturated rings. The molecule has 3 heterocycles. The lowest BCUT2D eigenvalue weighted by atomic mass is 9.97. The fourth-order valence-electron chi connectivity index (χ4n) is 4.21. The quantitative estimate of drug-likeness (QED) is 0.815. The van der Waals surface area contributed by atoms with Crippen molar-refractivity contribution < 1.29 is 14.3 Å². The van der Waals surface area contributed by atoms with Gasteiger partial charge in [-0.05, 0) is 38.5 Å². The van der Waals surface area contributed by atoms with Gasteiger partial charge in [-0.3, -0.25) is 9.59 Å². The van der Waals surface area contributed by atoms with Gasteiger partial charge in [-0.15, -0.1) is 0 Å². The first-order valence-corrected chi connectivity index (χ1v) is 9.80. The van der Waals surface area contributed by atoms with Crippen molar-refractivity contribution in [1.82, 2.24) is 19.4 Å². The van der Waals surface area contributed by atoms with E-state index in [4.69, 9.17) is 4.74 Å². The molecule has 2 aliphatic heterocycles. The van der Waals surface area contributed by atoms with Crippen LogP contribution in [0.4, 0.5) is 0 Å². The number of aryl methyl sites for hydroxylation is 1. The van der Waals surface area contributed by atoms with Gasteiger partial charge < -0.3 is 19.1 Å². The molecule has 1 atom stereocenters. The molecule has 1 aromatic heterocycles. The van der Waals surface area contributed by atoms with Crippen molar-refractivity contribution in [1.29, 1.82) is 0 Å². The number of piperidine rings is 1. The van der Waals surface area contributed by atoms with Crippen molar-refractivity contribution in [3.63, 3.8) is 0 Å². The summed E-state index contributed by atoms with van der Waals surface area (Å²) in [7, 11) is 1.87. The predicted octanol–water partition coefficient (Wildman–Crippen LogP) is 1.44. The number of carbonyl (C=O) groups is 2. The smallest absolute Gasteiger partial charge is 0.274 e. The second-order valence-corrected chi connectivity index (χ2v) is 7.83. The Balaban J connectivity index is 1.49. The van der Waals surface area contributed by atoms with Crippen molar-refractivity contribution in [2.45, 2.75) is 50.6 Å². The molecule has 0 spiro atoms. The van der Waals surface area contributed by atoms with Crippen molar-refractivity contribution in [2.24, 2.45) is 13.0 Å². The Morgan fingerprint density at radius 1 is 1.15 bits per heavy atom. The lowest BCUT2D eigenvalue weighted by Gasteiger charge is -2.44. The monoisotopic (exact) mass is 360 g/mol. The van der Waals surface area contributed by atoms with Crippen LogP contribution in [0.2, 0.25) is 0 Å². The Morgan fingerprint density at radius 2 is 1.92 bits per heavy atom. The third-order valence-corrected chi connectivity index (χ3v) is 5.77. The summed E-state index contributed by atoms with van der Waals surface area (Å²) in [4.78, 5) is 34.0. The molecule has 0 N–H and O–H groups in total. The van der Waals surface area contributed by atoms with Crippen LogP contribution in [-0.2, 0) is 16.6 Å². The van der Waals surface area contributed by atoms with Crippen LogP contribution in [0, 0.1) is 5.92 Å². The third-order valence-electron chi connectivity index (χ3n) is 5.77. The van der Waals surface area contributed by atoms with Crippen molar-refractivity contribution in [3.8, 4) is 0 Å². The molecule has 0 aromatic carbocycles. The summed E-state index contributed by atoms with van der Waals surface area (Å²) in [5, 5.41) is 0. The molecule has 1 aromatic rings. The SMILES string of the molecule is Cn1cnc(C(=O)N2CCCC(N(C(=O)C3CC3)C3CCOCC3)C2)c1. The van der Waals surface area contributed by atoms with Crippen LogP contribution in [0.1, 0.15) is 49.0 Å². The van der Waals surface area contributed by atoms with E-state index in [1.54, 1.807) is 17.1 Å². The van der Waals surface area contributed by atoms with Crippen LogP contribution >= 0.6 is 0 Å². The van der Waals surface area contributed by atoms with E-state index in [0.717, 1.165) is 58.3 Å².